The number of nitrogens with one attached hydrogen (secondary N) is 2. The first-order valence-corrected chi connectivity index (χ1v) is 10.2. The van der Waals surface area contributed by atoms with Crippen LogP contribution >= 0.6 is 24.0 Å². The molecule has 5 nitrogen and oxygen atoms in total. The van der Waals surface area contributed by atoms with E-state index in [0.717, 1.165) is 64.5 Å². The van der Waals surface area contributed by atoms with Crippen LogP contribution in [0.1, 0.15) is 44.6 Å². The largest absolute Gasteiger partial charge is 0.393 e. The van der Waals surface area contributed by atoms with E-state index in [4.69, 9.17) is 4.99 Å². The van der Waals surface area contributed by atoms with Gasteiger partial charge in [0.1, 0.15) is 0 Å². The summed E-state index contributed by atoms with van der Waals surface area (Å²) in [6, 6.07) is 10.8. The predicted octanol–water partition coefficient (Wildman–Crippen LogP) is 2.74. The number of rotatable bonds is 8. The van der Waals surface area contributed by atoms with Gasteiger partial charge in [0.15, 0.2) is 5.96 Å². The lowest BCUT2D eigenvalue weighted by Gasteiger charge is -2.29. The molecule has 0 spiro atoms. The summed E-state index contributed by atoms with van der Waals surface area (Å²) in [4.78, 5) is 7.32. The zero-order valence-electron chi connectivity index (χ0n) is 16.5. The van der Waals surface area contributed by atoms with Crippen LogP contribution in [-0.2, 0) is 5.41 Å². The SMILES string of the molecule is CCNC(=NCC1(c2ccccc2)CC1)NCCCN1CCC(O)CC1.I. The lowest BCUT2D eigenvalue weighted by molar-refractivity contribution is 0.0823. The van der Waals surface area contributed by atoms with Crippen molar-refractivity contribution in [3.05, 3.63) is 35.9 Å². The first-order chi connectivity index (χ1) is 12.7. The van der Waals surface area contributed by atoms with Crippen LogP contribution in [0.4, 0.5) is 0 Å². The van der Waals surface area contributed by atoms with Crippen LogP contribution in [0.2, 0.25) is 0 Å². The molecular weight excluding hydrogens is 451 g/mol. The monoisotopic (exact) mass is 486 g/mol. The third kappa shape index (κ3) is 6.91. The number of guanidine groups is 1. The normalized spacial score (nSPS) is 20.0. The average Bonchev–Trinajstić information content (AvgIpc) is 3.46. The van der Waals surface area contributed by atoms with Gasteiger partial charge < -0.3 is 20.6 Å². The second kappa shape index (κ2) is 11.2. The molecule has 6 heteroatoms. The summed E-state index contributed by atoms with van der Waals surface area (Å²) in [5, 5.41) is 16.4. The van der Waals surface area contributed by atoms with E-state index in [1.165, 1.54) is 18.4 Å². The lowest BCUT2D eigenvalue weighted by Crippen LogP contribution is -2.40. The number of aliphatic hydroxyl groups excluding tert-OH is 1. The van der Waals surface area contributed by atoms with E-state index in [1.807, 2.05) is 0 Å². The summed E-state index contributed by atoms with van der Waals surface area (Å²) in [5.41, 5.74) is 1.69. The molecule has 0 amide bonds. The number of aliphatic hydroxyl groups is 1. The standard InChI is InChI=1S/C21H34N4O.HI/c1-2-22-20(23-13-6-14-25-15-9-19(26)10-16-25)24-17-21(11-12-21)18-7-4-3-5-8-18;/h3-5,7-8,19,26H,2,6,9-17H2,1H3,(H2,22,23,24);1H. The molecule has 1 aromatic carbocycles. The highest BCUT2D eigenvalue weighted by molar-refractivity contribution is 14.0. The third-order valence-corrected chi connectivity index (χ3v) is 5.62. The van der Waals surface area contributed by atoms with Crippen molar-refractivity contribution in [2.45, 2.75) is 50.5 Å². The molecular formula is C21H35IN4O. The molecule has 152 valence electrons. The van der Waals surface area contributed by atoms with Gasteiger partial charge in [0.2, 0.25) is 0 Å². The van der Waals surface area contributed by atoms with Crippen LogP contribution in [0, 0.1) is 0 Å². The van der Waals surface area contributed by atoms with Crippen molar-refractivity contribution in [1.82, 2.24) is 15.5 Å². The van der Waals surface area contributed by atoms with Gasteiger partial charge in [-0.25, -0.2) is 0 Å². The summed E-state index contributed by atoms with van der Waals surface area (Å²) in [7, 11) is 0. The van der Waals surface area contributed by atoms with E-state index in [1.54, 1.807) is 0 Å². The van der Waals surface area contributed by atoms with E-state index in [-0.39, 0.29) is 35.5 Å². The molecule has 3 N–H and O–H groups in total. The van der Waals surface area contributed by atoms with Crippen LogP contribution in [0.25, 0.3) is 0 Å². The number of likely N-dealkylation sites (tertiary alicyclic amines) is 1. The maximum Gasteiger partial charge on any atom is 0.191 e. The molecule has 1 aliphatic carbocycles. The second-order valence-corrected chi connectivity index (χ2v) is 7.69. The third-order valence-electron chi connectivity index (χ3n) is 5.62. The molecule has 0 bridgehead atoms. The first kappa shape index (κ1) is 22.4. The summed E-state index contributed by atoms with van der Waals surface area (Å²) in [5.74, 6) is 0.934. The molecule has 1 aliphatic heterocycles. The van der Waals surface area contributed by atoms with Gasteiger partial charge in [-0.2, -0.15) is 0 Å². The van der Waals surface area contributed by atoms with Gasteiger partial charge in [0.25, 0.3) is 0 Å². The summed E-state index contributed by atoms with van der Waals surface area (Å²) >= 11 is 0. The Morgan fingerprint density at radius 3 is 2.52 bits per heavy atom. The Labute approximate surface area is 181 Å². The Kier molecular flexibility index (Phi) is 9.32. The van der Waals surface area contributed by atoms with Gasteiger partial charge in [-0.1, -0.05) is 30.3 Å². The Morgan fingerprint density at radius 1 is 1.19 bits per heavy atom. The molecule has 1 saturated carbocycles. The van der Waals surface area contributed by atoms with Crippen LogP contribution < -0.4 is 10.6 Å². The molecule has 1 aromatic rings. The highest BCUT2D eigenvalue weighted by atomic mass is 127. The van der Waals surface area contributed by atoms with Gasteiger partial charge in [0, 0.05) is 31.6 Å². The Hall–Kier alpha value is -0.860. The molecule has 0 atom stereocenters. The van der Waals surface area contributed by atoms with E-state index in [9.17, 15) is 5.11 Å². The van der Waals surface area contributed by atoms with Crippen molar-refractivity contribution in [2.75, 3.05) is 39.3 Å². The number of halogens is 1. The molecule has 0 aromatic heterocycles. The van der Waals surface area contributed by atoms with Gasteiger partial charge in [-0.15, -0.1) is 24.0 Å². The van der Waals surface area contributed by atoms with Crippen molar-refractivity contribution in [2.24, 2.45) is 4.99 Å². The van der Waals surface area contributed by atoms with E-state index < -0.39 is 0 Å². The number of aliphatic imine (C=N–C) groups is 1. The summed E-state index contributed by atoms with van der Waals surface area (Å²) < 4.78 is 0. The van der Waals surface area contributed by atoms with Crippen LogP contribution in [0.3, 0.4) is 0 Å². The number of benzene rings is 1. The smallest absolute Gasteiger partial charge is 0.191 e. The highest BCUT2D eigenvalue weighted by Gasteiger charge is 2.43. The van der Waals surface area contributed by atoms with Crippen LogP contribution in [0.5, 0.6) is 0 Å². The summed E-state index contributed by atoms with van der Waals surface area (Å²) in [6.07, 6.45) is 5.32. The zero-order chi connectivity index (χ0) is 18.2. The van der Waals surface area contributed by atoms with Gasteiger partial charge in [-0.3, -0.25) is 4.99 Å². The Bertz CT molecular complexity index is 569. The number of piperidine rings is 1. The van der Waals surface area contributed by atoms with E-state index in [2.05, 4.69) is 52.8 Å². The Balaban J connectivity index is 0.00000261. The minimum atomic E-state index is -0.0868. The van der Waals surface area contributed by atoms with Crippen molar-refractivity contribution in [3.8, 4) is 0 Å². The molecule has 3 rings (SSSR count). The second-order valence-electron chi connectivity index (χ2n) is 7.69. The number of hydrogen-bond acceptors (Lipinski definition) is 3. The van der Waals surface area contributed by atoms with Crippen molar-refractivity contribution >= 4 is 29.9 Å². The molecule has 2 aliphatic rings. The fraction of sp³-hybridized carbons (Fsp3) is 0.667. The van der Waals surface area contributed by atoms with Gasteiger partial charge >= 0.3 is 0 Å². The fourth-order valence-corrected chi connectivity index (χ4v) is 3.71. The van der Waals surface area contributed by atoms with Crippen molar-refractivity contribution in [1.29, 1.82) is 0 Å². The predicted molar refractivity (Wildman–Crippen MR) is 123 cm³/mol. The van der Waals surface area contributed by atoms with Crippen molar-refractivity contribution in [3.63, 3.8) is 0 Å². The van der Waals surface area contributed by atoms with E-state index in [0.29, 0.717) is 0 Å². The Morgan fingerprint density at radius 2 is 1.89 bits per heavy atom. The summed E-state index contributed by atoms with van der Waals surface area (Å²) in [6.45, 7) is 7.92. The first-order valence-electron chi connectivity index (χ1n) is 10.2. The van der Waals surface area contributed by atoms with E-state index >= 15 is 0 Å². The number of hydrogen-bond donors (Lipinski definition) is 3. The fourth-order valence-electron chi connectivity index (χ4n) is 3.71. The van der Waals surface area contributed by atoms with Gasteiger partial charge in [0.05, 0.1) is 12.6 Å². The topological polar surface area (TPSA) is 59.9 Å². The maximum absolute atomic E-state index is 9.58. The minimum Gasteiger partial charge on any atom is -0.393 e. The minimum absolute atomic E-state index is 0. The molecule has 1 heterocycles. The van der Waals surface area contributed by atoms with Crippen LogP contribution in [-0.4, -0.2) is 61.3 Å². The van der Waals surface area contributed by atoms with Crippen molar-refractivity contribution < 1.29 is 5.11 Å². The maximum atomic E-state index is 9.58. The zero-order valence-corrected chi connectivity index (χ0v) is 18.8. The molecule has 0 unspecified atom stereocenters. The van der Waals surface area contributed by atoms with Crippen LogP contribution in [0.15, 0.2) is 35.3 Å². The highest BCUT2D eigenvalue weighted by Crippen LogP contribution is 2.48. The molecule has 2 fully saturated rings. The van der Waals surface area contributed by atoms with Gasteiger partial charge in [-0.05, 0) is 51.1 Å². The average molecular weight is 486 g/mol. The lowest BCUT2D eigenvalue weighted by atomic mass is 9.96. The molecule has 1 saturated heterocycles. The number of nitrogens with zero attached hydrogens (tertiary/aromatic N) is 2. The molecule has 27 heavy (non-hydrogen) atoms. The molecule has 0 radical (unpaired) electrons. The quantitative estimate of drug-likeness (QED) is 0.229.